The molecule has 3 aromatic carbocycles. The van der Waals surface area contributed by atoms with Crippen molar-refractivity contribution in [1.82, 2.24) is 15.2 Å². The Morgan fingerprint density at radius 3 is 2.33 bits per heavy atom. The van der Waals surface area contributed by atoms with Gasteiger partial charge in [-0.1, -0.05) is 45.9 Å². The average Bonchev–Trinajstić information content (AvgIpc) is 3.80. The van der Waals surface area contributed by atoms with Crippen LogP contribution in [0.3, 0.4) is 0 Å². The molecule has 0 radical (unpaired) electrons. The van der Waals surface area contributed by atoms with Crippen molar-refractivity contribution < 1.29 is 41.9 Å². The molecule has 3 N–H and O–H groups in total. The largest absolute Gasteiger partial charge is 0.465 e. The minimum atomic E-state index is -2.73. The number of amides is 3. The fraction of sp³-hybridized carbons (Fsp3) is 0.400. The van der Waals surface area contributed by atoms with Crippen LogP contribution in [0.4, 0.5) is 19.3 Å². The number of nitrogens with one attached hydrogen (secondary N) is 2. The first-order chi connectivity index (χ1) is 25.5. The molecular formula is C40H48F2N4O7Si. The molecule has 11 nitrogen and oxygen atoms in total. The van der Waals surface area contributed by atoms with Gasteiger partial charge in [0, 0.05) is 41.1 Å². The molecule has 0 bridgehead atoms. The highest BCUT2D eigenvalue weighted by molar-refractivity contribution is 6.74. The maximum Gasteiger partial charge on any atom is 0.407 e. The van der Waals surface area contributed by atoms with Gasteiger partial charge in [0.05, 0.1) is 31.0 Å². The van der Waals surface area contributed by atoms with E-state index in [9.17, 15) is 28.3 Å². The second-order valence-corrected chi connectivity index (χ2v) is 19.8. The molecule has 14 heteroatoms. The molecule has 288 valence electrons. The Kier molecular flexibility index (Phi) is 12.7. The summed E-state index contributed by atoms with van der Waals surface area (Å²) < 4.78 is 48.2. The van der Waals surface area contributed by atoms with E-state index in [0.29, 0.717) is 24.2 Å². The van der Waals surface area contributed by atoms with Gasteiger partial charge in [-0.25, -0.2) is 18.6 Å². The van der Waals surface area contributed by atoms with E-state index in [1.807, 2.05) is 40.8 Å². The van der Waals surface area contributed by atoms with Crippen LogP contribution in [0.2, 0.25) is 18.1 Å². The number of benzene rings is 3. The Balaban J connectivity index is 1.58. The smallest absolute Gasteiger partial charge is 0.407 e. The van der Waals surface area contributed by atoms with Gasteiger partial charge < -0.3 is 34.2 Å². The molecule has 0 saturated carbocycles. The van der Waals surface area contributed by atoms with E-state index < -0.39 is 56.0 Å². The van der Waals surface area contributed by atoms with E-state index in [2.05, 4.69) is 15.6 Å². The van der Waals surface area contributed by atoms with Crippen LogP contribution in [-0.2, 0) is 9.16 Å². The normalized spacial score (nSPS) is 17.2. The minimum Gasteiger partial charge on any atom is -0.465 e. The number of hydrogen-bond donors (Lipinski definition) is 3. The van der Waals surface area contributed by atoms with Crippen LogP contribution < -0.4 is 10.6 Å². The molecular weight excluding hydrogens is 715 g/mol. The summed E-state index contributed by atoms with van der Waals surface area (Å²) >= 11 is 0. The number of ether oxygens (including phenoxy) is 1. The van der Waals surface area contributed by atoms with E-state index in [-0.39, 0.29) is 46.8 Å². The first kappa shape index (κ1) is 40.3. The third kappa shape index (κ3) is 9.98. The maximum absolute atomic E-state index is 14.9. The van der Waals surface area contributed by atoms with Crippen LogP contribution >= 0.6 is 0 Å². The standard InChI is InChI=1S/C40H48F2N4O7Si/c1-7-14-51-33-22-32(46(24-33)39(49)50)23-34(35(53-54(5,6)40(2,3)4)26-17-29(41)21-30(42)18-26)45-37(48)27-16-28(38-43-13-15-52-38)20-31(19-27)44-36(47)25-11-9-8-10-12-25/h8-13,15-21,32-35H,7,14,22-24H2,1-6H3,(H,44,47)(H,45,48)(H,49,50). The van der Waals surface area contributed by atoms with Crippen LogP contribution in [0.25, 0.3) is 11.5 Å². The molecule has 4 unspecified atom stereocenters. The van der Waals surface area contributed by atoms with Crippen molar-refractivity contribution in [1.29, 1.82) is 0 Å². The number of anilines is 1. The zero-order chi connectivity index (χ0) is 39.2. The van der Waals surface area contributed by atoms with E-state index in [0.717, 1.165) is 12.5 Å². The zero-order valence-electron chi connectivity index (χ0n) is 31.4. The number of carboxylic acid groups (broad SMARTS) is 1. The number of hydrogen-bond acceptors (Lipinski definition) is 7. The van der Waals surface area contributed by atoms with Gasteiger partial charge in [0.25, 0.3) is 11.8 Å². The molecule has 1 aliphatic rings. The molecule has 0 aliphatic carbocycles. The fourth-order valence-electron chi connectivity index (χ4n) is 6.27. The van der Waals surface area contributed by atoms with Gasteiger partial charge in [-0.15, -0.1) is 0 Å². The Labute approximate surface area is 315 Å². The molecule has 1 aromatic heterocycles. The van der Waals surface area contributed by atoms with Gasteiger partial charge in [0.1, 0.15) is 17.9 Å². The Bertz CT molecular complexity index is 1900. The molecule has 1 fully saturated rings. The molecule has 1 saturated heterocycles. The van der Waals surface area contributed by atoms with Crippen molar-refractivity contribution >= 4 is 31.9 Å². The first-order valence-corrected chi connectivity index (χ1v) is 20.9. The molecule has 4 atom stereocenters. The average molecular weight is 763 g/mol. The SMILES string of the molecule is CCCOC1CC(CC(NC(=O)c2cc(NC(=O)c3ccccc3)cc(-c3ncco3)c2)C(O[Si](C)(C)C(C)(C)C)c2cc(F)cc(F)c2)N(C(=O)O)C1. The highest BCUT2D eigenvalue weighted by atomic mass is 28.4. The number of carbonyl (C=O) groups excluding carboxylic acids is 2. The lowest BCUT2D eigenvalue weighted by atomic mass is 9.94. The van der Waals surface area contributed by atoms with Gasteiger partial charge in [-0.05, 0) is 85.4 Å². The van der Waals surface area contributed by atoms with Crippen molar-refractivity contribution in [2.75, 3.05) is 18.5 Å². The van der Waals surface area contributed by atoms with Crippen molar-refractivity contribution in [3.63, 3.8) is 0 Å². The third-order valence-corrected chi connectivity index (χ3v) is 14.5. The van der Waals surface area contributed by atoms with Crippen LogP contribution in [0.1, 0.15) is 79.3 Å². The molecule has 3 amide bonds. The second-order valence-electron chi connectivity index (χ2n) is 15.1. The summed E-state index contributed by atoms with van der Waals surface area (Å²) in [6, 6.07) is 14.8. The fourth-order valence-corrected chi connectivity index (χ4v) is 7.56. The summed E-state index contributed by atoms with van der Waals surface area (Å²) in [5.74, 6) is -2.46. The van der Waals surface area contributed by atoms with Gasteiger partial charge in [-0.3, -0.25) is 9.59 Å². The zero-order valence-corrected chi connectivity index (χ0v) is 32.4. The van der Waals surface area contributed by atoms with E-state index >= 15 is 0 Å². The predicted molar refractivity (Wildman–Crippen MR) is 203 cm³/mol. The van der Waals surface area contributed by atoms with E-state index in [4.69, 9.17) is 13.6 Å². The Hall–Kier alpha value is -4.92. The molecule has 5 rings (SSSR count). The predicted octanol–water partition coefficient (Wildman–Crippen LogP) is 8.67. The molecule has 1 aliphatic heterocycles. The van der Waals surface area contributed by atoms with Crippen molar-refractivity contribution in [2.45, 2.75) is 89.4 Å². The number of aromatic nitrogens is 1. The lowest BCUT2D eigenvalue weighted by molar-refractivity contribution is 0.0590. The Morgan fingerprint density at radius 2 is 1.72 bits per heavy atom. The second kappa shape index (κ2) is 17.0. The van der Waals surface area contributed by atoms with Gasteiger partial charge in [0.2, 0.25) is 5.89 Å². The van der Waals surface area contributed by atoms with Crippen molar-refractivity contribution in [3.05, 3.63) is 108 Å². The monoisotopic (exact) mass is 762 g/mol. The molecule has 2 heterocycles. The minimum absolute atomic E-state index is 0.0402. The van der Waals surface area contributed by atoms with Gasteiger partial charge in [0.15, 0.2) is 8.32 Å². The van der Waals surface area contributed by atoms with Crippen molar-refractivity contribution in [2.24, 2.45) is 0 Å². The number of rotatable bonds is 14. The van der Waals surface area contributed by atoms with Crippen LogP contribution in [-0.4, -0.2) is 72.6 Å². The number of nitrogens with zero attached hydrogens (tertiary/aromatic N) is 2. The number of halogens is 2. The number of likely N-dealkylation sites (tertiary alicyclic amines) is 1. The van der Waals surface area contributed by atoms with Gasteiger partial charge in [-0.2, -0.15) is 0 Å². The van der Waals surface area contributed by atoms with Crippen LogP contribution in [0.5, 0.6) is 0 Å². The quantitative estimate of drug-likeness (QED) is 0.108. The van der Waals surface area contributed by atoms with Crippen LogP contribution in [0.15, 0.2) is 83.6 Å². The summed E-state index contributed by atoms with van der Waals surface area (Å²) in [7, 11) is -2.73. The summed E-state index contributed by atoms with van der Waals surface area (Å²) in [6.45, 7) is 12.6. The highest BCUT2D eigenvalue weighted by Gasteiger charge is 2.44. The topological polar surface area (TPSA) is 143 Å². The van der Waals surface area contributed by atoms with Crippen LogP contribution in [0, 0.1) is 11.6 Å². The lowest BCUT2D eigenvalue weighted by Gasteiger charge is -2.42. The first-order valence-electron chi connectivity index (χ1n) is 18.0. The molecule has 54 heavy (non-hydrogen) atoms. The number of carbonyl (C=O) groups is 3. The van der Waals surface area contributed by atoms with E-state index in [1.54, 1.807) is 42.5 Å². The summed E-state index contributed by atoms with van der Waals surface area (Å²) in [5.41, 5.74) is 1.36. The van der Waals surface area contributed by atoms with E-state index in [1.165, 1.54) is 35.6 Å². The third-order valence-electron chi connectivity index (χ3n) is 10.00. The Morgan fingerprint density at radius 1 is 1.02 bits per heavy atom. The van der Waals surface area contributed by atoms with Crippen molar-refractivity contribution in [3.8, 4) is 11.5 Å². The van der Waals surface area contributed by atoms with Gasteiger partial charge >= 0.3 is 6.09 Å². The summed E-state index contributed by atoms with van der Waals surface area (Å²) in [5, 5.41) is 15.8. The molecule has 4 aromatic rings. The lowest BCUT2D eigenvalue weighted by Crippen LogP contribution is -2.50. The number of oxazole rings is 1. The maximum atomic E-state index is 14.9. The highest BCUT2D eigenvalue weighted by Crippen LogP contribution is 2.42. The summed E-state index contributed by atoms with van der Waals surface area (Å²) in [6.07, 6.45) is 1.37. The summed E-state index contributed by atoms with van der Waals surface area (Å²) in [4.78, 5) is 45.7. The molecule has 0 spiro atoms.